The van der Waals surface area contributed by atoms with Gasteiger partial charge in [-0.05, 0) is 38.7 Å². The Morgan fingerprint density at radius 2 is 2.32 bits per heavy atom. The van der Waals surface area contributed by atoms with Gasteiger partial charge in [-0.1, -0.05) is 23.9 Å². The number of hydrogen-bond acceptors (Lipinski definition) is 4. The van der Waals surface area contributed by atoms with Gasteiger partial charge in [0.1, 0.15) is 4.83 Å². The van der Waals surface area contributed by atoms with E-state index >= 15 is 0 Å². The largest absolute Gasteiger partial charge is 0.301 e. The van der Waals surface area contributed by atoms with Gasteiger partial charge in [0.05, 0.1) is 5.39 Å². The summed E-state index contributed by atoms with van der Waals surface area (Å²) >= 11 is 3.27. The summed E-state index contributed by atoms with van der Waals surface area (Å²) in [6.45, 7) is 4.03. The number of aromatic amines is 1. The molecule has 0 spiro atoms. The van der Waals surface area contributed by atoms with Gasteiger partial charge in [0.25, 0.3) is 5.56 Å². The first-order valence-electron chi connectivity index (χ1n) is 6.48. The molecule has 19 heavy (non-hydrogen) atoms. The number of rotatable bonds is 2. The number of aromatic nitrogens is 2. The van der Waals surface area contributed by atoms with Crippen molar-refractivity contribution in [2.24, 2.45) is 0 Å². The molecule has 3 rings (SSSR count). The maximum atomic E-state index is 12.2. The van der Waals surface area contributed by atoms with E-state index in [1.54, 1.807) is 23.1 Å². The molecule has 1 aliphatic rings. The number of allylic oxidation sites excluding steroid dienone is 1. The molecule has 3 nitrogen and oxygen atoms in total. The molecular formula is C14H16N2OS2. The normalized spacial score (nSPS) is 19.2. The van der Waals surface area contributed by atoms with Crippen molar-refractivity contribution in [3.8, 4) is 0 Å². The lowest BCUT2D eigenvalue weighted by Crippen LogP contribution is -2.11. The van der Waals surface area contributed by atoms with Gasteiger partial charge < -0.3 is 4.98 Å². The molecule has 0 saturated heterocycles. The third-order valence-electron chi connectivity index (χ3n) is 3.49. The van der Waals surface area contributed by atoms with Crippen molar-refractivity contribution in [3.05, 3.63) is 32.9 Å². The predicted octanol–water partition coefficient (Wildman–Crippen LogP) is 3.80. The molecule has 2 aromatic heterocycles. The van der Waals surface area contributed by atoms with Crippen molar-refractivity contribution >= 4 is 33.3 Å². The van der Waals surface area contributed by atoms with Crippen LogP contribution in [0.15, 0.2) is 22.1 Å². The number of nitrogens with zero attached hydrogens (tertiary/aromatic N) is 1. The minimum Gasteiger partial charge on any atom is -0.301 e. The van der Waals surface area contributed by atoms with Crippen molar-refractivity contribution in [2.45, 2.75) is 43.5 Å². The van der Waals surface area contributed by atoms with Gasteiger partial charge in [0, 0.05) is 10.1 Å². The summed E-state index contributed by atoms with van der Waals surface area (Å²) in [5.41, 5.74) is 1.05. The Labute approximate surface area is 120 Å². The maximum Gasteiger partial charge on any atom is 0.260 e. The Balaban J connectivity index is 1.99. The molecule has 2 heterocycles. The first-order valence-corrected chi connectivity index (χ1v) is 8.18. The topological polar surface area (TPSA) is 45.8 Å². The van der Waals surface area contributed by atoms with Crippen LogP contribution < -0.4 is 5.56 Å². The van der Waals surface area contributed by atoms with Gasteiger partial charge in [0.2, 0.25) is 0 Å². The number of aryl methyl sites for hydroxylation is 2. The number of H-pyrrole nitrogens is 1. The number of thiophene rings is 1. The van der Waals surface area contributed by atoms with Crippen LogP contribution in [0.5, 0.6) is 0 Å². The second kappa shape index (κ2) is 5.13. The number of nitrogens with one attached hydrogen (secondary N) is 1. The van der Waals surface area contributed by atoms with Crippen LogP contribution in [0.1, 0.15) is 29.7 Å². The fourth-order valence-corrected chi connectivity index (χ4v) is 4.46. The summed E-state index contributed by atoms with van der Waals surface area (Å²) in [5.74, 6) is 0. The summed E-state index contributed by atoms with van der Waals surface area (Å²) in [6.07, 6.45) is 7.99. The Kier molecular flexibility index (Phi) is 3.50. The van der Waals surface area contributed by atoms with E-state index in [9.17, 15) is 4.79 Å². The summed E-state index contributed by atoms with van der Waals surface area (Å²) in [5, 5.41) is 1.94. The molecular weight excluding hydrogens is 276 g/mol. The van der Waals surface area contributed by atoms with Crippen molar-refractivity contribution in [1.29, 1.82) is 0 Å². The Bertz CT molecular complexity index is 699. The molecule has 0 aliphatic heterocycles. The van der Waals surface area contributed by atoms with Crippen molar-refractivity contribution in [3.63, 3.8) is 0 Å². The molecule has 1 atom stereocenters. The third-order valence-corrected chi connectivity index (χ3v) is 5.70. The standard InChI is InChI=1S/C14H16N2OS2/c1-8-9(2)18-13-11(8)12(17)15-14(16-13)19-10-6-4-3-5-7-10/h4,6,10H,3,5,7H2,1-2H3,(H,15,16,17)/t10-/m1/s1. The van der Waals surface area contributed by atoms with Crippen LogP contribution in [0.4, 0.5) is 0 Å². The highest BCUT2D eigenvalue weighted by molar-refractivity contribution is 7.99. The van der Waals surface area contributed by atoms with E-state index in [2.05, 4.69) is 22.1 Å². The summed E-state index contributed by atoms with van der Waals surface area (Å²) in [4.78, 5) is 21.7. The zero-order chi connectivity index (χ0) is 13.4. The first-order chi connectivity index (χ1) is 9.15. The van der Waals surface area contributed by atoms with E-state index in [1.165, 1.54) is 17.7 Å². The van der Waals surface area contributed by atoms with E-state index in [0.717, 1.165) is 27.4 Å². The van der Waals surface area contributed by atoms with E-state index < -0.39 is 0 Å². The van der Waals surface area contributed by atoms with Crippen molar-refractivity contribution in [1.82, 2.24) is 9.97 Å². The average Bonchev–Trinajstić information content (AvgIpc) is 2.66. The molecule has 5 heteroatoms. The fraction of sp³-hybridized carbons (Fsp3) is 0.429. The molecule has 0 saturated carbocycles. The van der Waals surface area contributed by atoms with Crippen LogP contribution in [0.25, 0.3) is 10.2 Å². The highest BCUT2D eigenvalue weighted by Gasteiger charge is 2.15. The molecule has 100 valence electrons. The van der Waals surface area contributed by atoms with Gasteiger partial charge in [-0.2, -0.15) is 0 Å². The Morgan fingerprint density at radius 3 is 3.05 bits per heavy atom. The lowest BCUT2D eigenvalue weighted by atomic mass is 10.1. The van der Waals surface area contributed by atoms with Crippen molar-refractivity contribution < 1.29 is 0 Å². The maximum absolute atomic E-state index is 12.2. The molecule has 0 fully saturated rings. The van der Waals surface area contributed by atoms with Gasteiger partial charge in [-0.15, -0.1) is 11.3 Å². The smallest absolute Gasteiger partial charge is 0.260 e. The van der Waals surface area contributed by atoms with Crippen LogP contribution in [-0.2, 0) is 0 Å². The summed E-state index contributed by atoms with van der Waals surface area (Å²) in [6, 6.07) is 0. The van der Waals surface area contributed by atoms with Gasteiger partial charge in [0.15, 0.2) is 5.16 Å². The molecule has 0 amide bonds. The van der Waals surface area contributed by atoms with E-state index in [-0.39, 0.29) is 5.56 Å². The Morgan fingerprint density at radius 1 is 1.47 bits per heavy atom. The van der Waals surface area contributed by atoms with Crippen LogP contribution in [0.3, 0.4) is 0 Å². The predicted molar refractivity (Wildman–Crippen MR) is 82.4 cm³/mol. The van der Waals surface area contributed by atoms with E-state index in [4.69, 9.17) is 0 Å². The highest BCUT2D eigenvalue weighted by atomic mass is 32.2. The van der Waals surface area contributed by atoms with Crippen molar-refractivity contribution in [2.75, 3.05) is 0 Å². The lowest BCUT2D eigenvalue weighted by molar-refractivity contribution is 0.738. The summed E-state index contributed by atoms with van der Waals surface area (Å²) < 4.78 is 0. The molecule has 1 N–H and O–H groups in total. The number of thioether (sulfide) groups is 1. The fourth-order valence-electron chi connectivity index (χ4n) is 2.31. The minimum absolute atomic E-state index is 0.00543. The molecule has 0 bridgehead atoms. The van der Waals surface area contributed by atoms with E-state index in [1.807, 2.05) is 13.8 Å². The molecule has 1 aliphatic carbocycles. The number of hydrogen-bond donors (Lipinski definition) is 1. The molecule has 0 aromatic carbocycles. The zero-order valence-electron chi connectivity index (χ0n) is 11.0. The van der Waals surface area contributed by atoms with Gasteiger partial charge in [-0.3, -0.25) is 4.79 Å². The third kappa shape index (κ3) is 2.49. The van der Waals surface area contributed by atoms with Crippen LogP contribution >= 0.6 is 23.1 Å². The zero-order valence-corrected chi connectivity index (χ0v) is 12.7. The Hall–Kier alpha value is -1.07. The van der Waals surface area contributed by atoms with Crippen LogP contribution in [0, 0.1) is 13.8 Å². The molecule has 2 aromatic rings. The minimum atomic E-state index is -0.00543. The van der Waals surface area contributed by atoms with Crippen LogP contribution in [-0.4, -0.2) is 15.2 Å². The summed E-state index contributed by atoms with van der Waals surface area (Å²) in [7, 11) is 0. The SMILES string of the molecule is Cc1sc2nc(S[C@@H]3C=CCCC3)[nH]c(=O)c2c1C. The van der Waals surface area contributed by atoms with Gasteiger partial charge >= 0.3 is 0 Å². The van der Waals surface area contributed by atoms with Gasteiger partial charge in [-0.25, -0.2) is 4.98 Å². The van der Waals surface area contributed by atoms with E-state index in [0.29, 0.717) is 5.25 Å². The second-order valence-corrected chi connectivity index (χ2v) is 7.28. The molecule has 0 radical (unpaired) electrons. The molecule has 0 unspecified atom stereocenters. The lowest BCUT2D eigenvalue weighted by Gasteiger charge is -2.14. The monoisotopic (exact) mass is 292 g/mol. The number of fused-ring (bicyclic) bond motifs is 1. The highest BCUT2D eigenvalue weighted by Crippen LogP contribution is 2.30. The quantitative estimate of drug-likeness (QED) is 0.676. The first kappa shape index (κ1) is 12.9. The average molecular weight is 292 g/mol. The van der Waals surface area contributed by atoms with Crippen LogP contribution in [0.2, 0.25) is 0 Å². The second-order valence-electron chi connectivity index (χ2n) is 4.85.